The van der Waals surface area contributed by atoms with Gasteiger partial charge < -0.3 is 9.64 Å². The fourth-order valence-electron chi connectivity index (χ4n) is 3.03. The van der Waals surface area contributed by atoms with Crippen LogP contribution in [0.4, 0.5) is 4.39 Å². The summed E-state index contributed by atoms with van der Waals surface area (Å²) in [5, 5.41) is 0.111. The summed E-state index contributed by atoms with van der Waals surface area (Å²) in [6.07, 6.45) is 1.17. The van der Waals surface area contributed by atoms with Crippen molar-refractivity contribution in [2.24, 2.45) is 0 Å². The Balaban J connectivity index is 1.60. The number of ether oxygens (including phenoxy) is 1. The predicted octanol–water partition coefficient (Wildman–Crippen LogP) is 4.08. The molecule has 1 atom stereocenters. The first kappa shape index (κ1) is 17.8. The van der Waals surface area contributed by atoms with Crippen LogP contribution in [-0.2, 0) is 11.2 Å². The first-order valence-corrected chi connectivity index (χ1v) is 9.49. The smallest absolute Gasteiger partial charge is 0.227 e. The van der Waals surface area contributed by atoms with Crippen LogP contribution in [0.2, 0.25) is 0 Å². The van der Waals surface area contributed by atoms with Crippen molar-refractivity contribution in [2.45, 2.75) is 18.1 Å². The average Bonchev–Trinajstić information content (AvgIpc) is 2.89. The van der Waals surface area contributed by atoms with Crippen LogP contribution in [0.25, 0.3) is 0 Å². The van der Waals surface area contributed by atoms with E-state index in [0.717, 1.165) is 29.1 Å². The molecular weight excluding hydrogens is 337 g/mol. The lowest BCUT2D eigenvalue weighted by atomic mass is 10.1. The minimum atomic E-state index is -0.155. The maximum absolute atomic E-state index is 14.0. The largest absolute Gasteiger partial charge is 0.497 e. The summed E-state index contributed by atoms with van der Waals surface area (Å²) in [6.45, 7) is 1.38. The van der Waals surface area contributed by atoms with Crippen molar-refractivity contribution in [2.75, 3.05) is 26.0 Å². The van der Waals surface area contributed by atoms with Crippen molar-refractivity contribution >= 4 is 17.7 Å². The summed E-state index contributed by atoms with van der Waals surface area (Å²) in [4.78, 5) is 14.5. The molecule has 2 aromatic rings. The van der Waals surface area contributed by atoms with E-state index in [0.29, 0.717) is 19.5 Å². The Hall–Kier alpha value is -2.01. The Morgan fingerprint density at radius 2 is 1.96 bits per heavy atom. The van der Waals surface area contributed by atoms with Gasteiger partial charge in [0.25, 0.3) is 0 Å². The molecule has 0 aromatic heterocycles. The van der Waals surface area contributed by atoms with Gasteiger partial charge in [0.05, 0.1) is 13.5 Å². The highest BCUT2D eigenvalue weighted by atomic mass is 32.2. The van der Waals surface area contributed by atoms with Gasteiger partial charge >= 0.3 is 0 Å². The minimum absolute atomic E-state index is 0.111. The van der Waals surface area contributed by atoms with E-state index >= 15 is 0 Å². The molecule has 25 heavy (non-hydrogen) atoms. The molecule has 3 rings (SSSR count). The topological polar surface area (TPSA) is 29.5 Å². The third kappa shape index (κ3) is 4.54. The number of halogens is 1. The van der Waals surface area contributed by atoms with Crippen molar-refractivity contribution in [3.63, 3.8) is 0 Å². The van der Waals surface area contributed by atoms with Gasteiger partial charge in [-0.2, -0.15) is 11.8 Å². The minimum Gasteiger partial charge on any atom is -0.497 e. The van der Waals surface area contributed by atoms with E-state index in [1.165, 1.54) is 6.07 Å². The van der Waals surface area contributed by atoms with Crippen LogP contribution in [0, 0.1) is 5.82 Å². The summed E-state index contributed by atoms with van der Waals surface area (Å²) in [6, 6.07) is 14.5. The fraction of sp³-hybridized carbons (Fsp3) is 0.350. The number of carbonyl (C=O) groups excluding carboxylic acids is 1. The Labute approximate surface area is 152 Å². The highest BCUT2D eigenvalue weighted by Gasteiger charge is 2.23. The second kappa shape index (κ2) is 8.39. The first-order chi connectivity index (χ1) is 12.2. The maximum atomic E-state index is 14.0. The summed E-state index contributed by atoms with van der Waals surface area (Å²) >= 11 is 1.73. The monoisotopic (exact) mass is 359 g/mol. The van der Waals surface area contributed by atoms with Gasteiger partial charge in [0.2, 0.25) is 5.91 Å². The van der Waals surface area contributed by atoms with E-state index in [1.54, 1.807) is 24.9 Å². The molecule has 0 N–H and O–H groups in total. The number of carbonyl (C=O) groups is 1. The number of methoxy groups -OCH3 is 1. The fourth-order valence-corrected chi connectivity index (χ4v) is 4.29. The van der Waals surface area contributed by atoms with E-state index in [1.807, 2.05) is 41.3 Å². The zero-order valence-corrected chi connectivity index (χ0v) is 15.1. The summed E-state index contributed by atoms with van der Waals surface area (Å²) in [7, 11) is 1.63. The van der Waals surface area contributed by atoms with Crippen molar-refractivity contribution in [1.29, 1.82) is 0 Å². The van der Waals surface area contributed by atoms with Crippen LogP contribution in [0.15, 0.2) is 48.5 Å². The van der Waals surface area contributed by atoms with E-state index in [2.05, 4.69) is 0 Å². The molecule has 0 bridgehead atoms. The van der Waals surface area contributed by atoms with Gasteiger partial charge in [-0.05, 0) is 30.2 Å². The number of amides is 1. The molecule has 1 saturated heterocycles. The molecule has 1 unspecified atom stereocenters. The third-order valence-corrected chi connectivity index (χ3v) is 5.77. The molecule has 1 aliphatic heterocycles. The molecule has 1 aliphatic rings. The lowest BCUT2D eigenvalue weighted by Crippen LogP contribution is -2.34. The van der Waals surface area contributed by atoms with Gasteiger partial charge in [-0.25, -0.2) is 4.39 Å². The summed E-state index contributed by atoms with van der Waals surface area (Å²) in [5.41, 5.74) is 1.73. The van der Waals surface area contributed by atoms with Gasteiger partial charge in [0, 0.05) is 29.7 Å². The highest BCUT2D eigenvalue weighted by Crippen LogP contribution is 2.35. The molecule has 1 amide bonds. The van der Waals surface area contributed by atoms with Crippen LogP contribution in [0.1, 0.15) is 22.8 Å². The zero-order valence-electron chi connectivity index (χ0n) is 14.3. The van der Waals surface area contributed by atoms with Gasteiger partial charge in [0.15, 0.2) is 0 Å². The normalized spacial score (nSPS) is 17.8. The second-order valence-electron chi connectivity index (χ2n) is 6.08. The highest BCUT2D eigenvalue weighted by molar-refractivity contribution is 7.99. The van der Waals surface area contributed by atoms with Crippen molar-refractivity contribution in [3.8, 4) is 5.75 Å². The van der Waals surface area contributed by atoms with Gasteiger partial charge in [0.1, 0.15) is 11.6 Å². The molecule has 5 heteroatoms. The molecule has 0 saturated carbocycles. The van der Waals surface area contributed by atoms with E-state index < -0.39 is 0 Å². The Bertz CT molecular complexity index is 720. The molecule has 1 fully saturated rings. The molecular formula is C20H22FNO2S. The standard InChI is InChI=1S/C20H22FNO2S/c1-24-16-8-6-15(7-9-16)14-20(23)22-11-10-19(25-13-12-22)17-4-2-3-5-18(17)21/h2-9,19H,10-14H2,1H3. The number of thioether (sulfide) groups is 1. The van der Waals surface area contributed by atoms with Crippen LogP contribution < -0.4 is 4.74 Å². The molecule has 0 spiro atoms. The van der Waals surface area contributed by atoms with Crippen molar-refractivity contribution in [3.05, 3.63) is 65.5 Å². The maximum Gasteiger partial charge on any atom is 0.227 e. The van der Waals surface area contributed by atoms with Crippen molar-refractivity contribution < 1.29 is 13.9 Å². The molecule has 0 aliphatic carbocycles. The van der Waals surface area contributed by atoms with Crippen LogP contribution >= 0.6 is 11.8 Å². The first-order valence-electron chi connectivity index (χ1n) is 8.44. The third-order valence-electron chi connectivity index (χ3n) is 4.46. The Morgan fingerprint density at radius 1 is 1.20 bits per heavy atom. The number of hydrogen-bond acceptors (Lipinski definition) is 3. The van der Waals surface area contributed by atoms with E-state index in [-0.39, 0.29) is 17.0 Å². The quantitative estimate of drug-likeness (QED) is 0.824. The average molecular weight is 359 g/mol. The Kier molecular flexibility index (Phi) is 5.97. The number of rotatable bonds is 4. The van der Waals surface area contributed by atoms with Gasteiger partial charge in [-0.15, -0.1) is 0 Å². The molecule has 132 valence electrons. The summed E-state index contributed by atoms with van der Waals surface area (Å²) < 4.78 is 19.1. The van der Waals surface area contributed by atoms with E-state index in [9.17, 15) is 9.18 Å². The van der Waals surface area contributed by atoms with Crippen LogP contribution in [0.5, 0.6) is 5.75 Å². The molecule has 1 heterocycles. The number of benzene rings is 2. The molecule has 2 aromatic carbocycles. The van der Waals surface area contributed by atoms with Gasteiger partial charge in [-0.3, -0.25) is 4.79 Å². The number of nitrogens with zero attached hydrogens (tertiary/aromatic N) is 1. The molecule has 3 nitrogen and oxygen atoms in total. The zero-order chi connectivity index (χ0) is 17.6. The van der Waals surface area contributed by atoms with Crippen LogP contribution in [-0.4, -0.2) is 36.8 Å². The number of hydrogen-bond donors (Lipinski definition) is 0. The lowest BCUT2D eigenvalue weighted by molar-refractivity contribution is -0.130. The van der Waals surface area contributed by atoms with Crippen molar-refractivity contribution in [1.82, 2.24) is 4.90 Å². The Morgan fingerprint density at radius 3 is 2.68 bits per heavy atom. The predicted molar refractivity (Wildman–Crippen MR) is 99.5 cm³/mol. The molecule has 0 radical (unpaired) electrons. The van der Waals surface area contributed by atoms with E-state index in [4.69, 9.17) is 4.74 Å². The summed E-state index contributed by atoms with van der Waals surface area (Å²) in [5.74, 6) is 1.58. The van der Waals surface area contributed by atoms with Crippen LogP contribution in [0.3, 0.4) is 0 Å². The lowest BCUT2D eigenvalue weighted by Gasteiger charge is -2.20. The SMILES string of the molecule is COc1ccc(CC(=O)N2CCSC(c3ccccc3F)CC2)cc1. The second-order valence-corrected chi connectivity index (χ2v) is 7.39. The van der Waals surface area contributed by atoms with Gasteiger partial charge in [-0.1, -0.05) is 30.3 Å².